The van der Waals surface area contributed by atoms with E-state index in [9.17, 15) is 4.39 Å². The van der Waals surface area contributed by atoms with Crippen LogP contribution in [0, 0.1) is 5.82 Å². The van der Waals surface area contributed by atoms with E-state index in [1.54, 1.807) is 6.07 Å². The molecule has 1 heterocycles. The Morgan fingerprint density at radius 2 is 2.20 bits per heavy atom. The lowest BCUT2D eigenvalue weighted by molar-refractivity contribution is 0.590. The summed E-state index contributed by atoms with van der Waals surface area (Å²) in [7, 11) is 0. The zero-order valence-electron chi connectivity index (χ0n) is 8.97. The second kappa shape index (κ2) is 4.03. The Kier molecular flexibility index (Phi) is 2.73. The van der Waals surface area contributed by atoms with E-state index < -0.39 is 0 Å². The molecule has 0 atom stereocenters. The van der Waals surface area contributed by atoms with E-state index in [-0.39, 0.29) is 5.82 Å². The van der Waals surface area contributed by atoms with Gasteiger partial charge in [-0.15, -0.1) is 0 Å². The topological polar surface area (TPSA) is 27.8 Å². The summed E-state index contributed by atoms with van der Waals surface area (Å²) < 4.78 is 13.3. The fourth-order valence-electron chi connectivity index (χ4n) is 1.64. The van der Waals surface area contributed by atoms with Gasteiger partial charge in [-0.2, -0.15) is 0 Å². The van der Waals surface area contributed by atoms with Crippen molar-refractivity contribution in [2.45, 2.75) is 26.4 Å². The molecule has 2 aromatic rings. The molecule has 2 N–H and O–H groups in total. The summed E-state index contributed by atoms with van der Waals surface area (Å²) >= 11 is 0. The number of rotatable bonds is 3. The number of fused-ring (bicyclic) bond motifs is 1. The predicted octanol–water partition coefficient (Wildman–Crippen LogP) is 2.81. The van der Waals surface area contributed by atoms with Gasteiger partial charge in [-0.3, -0.25) is 0 Å². The van der Waals surface area contributed by atoms with Crippen molar-refractivity contribution in [2.24, 2.45) is 0 Å². The number of hydrogen-bond donors (Lipinski definition) is 2. The third-order valence-corrected chi connectivity index (χ3v) is 2.45. The average molecular weight is 206 g/mol. The van der Waals surface area contributed by atoms with Gasteiger partial charge < -0.3 is 10.3 Å². The molecule has 1 aromatic heterocycles. The molecule has 0 bridgehead atoms. The van der Waals surface area contributed by atoms with Crippen molar-refractivity contribution in [3.05, 3.63) is 35.8 Å². The summed E-state index contributed by atoms with van der Waals surface area (Å²) in [4.78, 5) is 2.97. The quantitative estimate of drug-likeness (QED) is 0.794. The van der Waals surface area contributed by atoms with Crippen LogP contribution in [0.15, 0.2) is 24.4 Å². The maximum atomic E-state index is 13.3. The van der Waals surface area contributed by atoms with E-state index in [1.165, 1.54) is 6.07 Å². The Labute approximate surface area is 88.5 Å². The molecule has 0 aliphatic heterocycles. The molecule has 2 rings (SSSR count). The smallest absolute Gasteiger partial charge is 0.147 e. The highest BCUT2D eigenvalue weighted by molar-refractivity contribution is 5.83. The summed E-state index contributed by atoms with van der Waals surface area (Å²) in [6.07, 6.45) is 1.86. The van der Waals surface area contributed by atoms with Crippen molar-refractivity contribution in [1.29, 1.82) is 0 Å². The highest BCUT2D eigenvalue weighted by Gasteiger charge is 2.06. The molecule has 0 saturated heterocycles. The van der Waals surface area contributed by atoms with Gasteiger partial charge in [-0.25, -0.2) is 4.39 Å². The Hall–Kier alpha value is -1.35. The van der Waals surface area contributed by atoms with E-state index >= 15 is 0 Å². The molecule has 0 aliphatic rings. The summed E-state index contributed by atoms with van der Waals surface area (Å²) in [5.74, 6) is -0.191. The molecule has 0 amide bonds. The summed E-state index contributed by atoms with van der Waals surface area (Å²) in [6, 6.07) is 5.58. The van der Waals surface area contributed by atoms with Gasteiger partial charge in [0, 0.05) is 24.2 Å². The maximum absolute atomic E-state index is 13.3. The first-order valence-electron chi connectivity index (χ1n) is 5.16. The molecule has 15 heavy (non-hydrogen) atoms. The van der Waals surface area contributed by atoms with Gasteiger partial charge in [0.1, 0.15) is 5.82 Å². The number of benzene rings is 1. The maximum Gasteiger partial charge on any atom is 0.147 e. The fourth-order valence-corrected chi connectivity index (χ4v) is 1.64. The molecule has 3 heteroatoms. The summed E-state index contributed by atoms with van der Waals surface area (Å²) in [5.41, 5.74) is 1.70. The molecule has 80 valence electrons. The number of aromatic amines is 1. The number of H-pyrrole nitrogens is 1. The molecule has 0 radical (unpaired) electrons. The molecule has 2 nitrogen and oxygen atoms in total. The van der Waals surface area contributed by atoms with E-state index in [0.29, 0.717) is 11.6 Å². The number of halogens is 1. The zero-order valence-corrected chi connectivity index (χ0v) is 8.97. The molecule has 1 aromatic carbocycles. The molecule has 0 aliphatic carbocycles. The first-order chi connectivity index (χ1) is 7.18. The Bertz CT molecular complexity index is 460. The van der Waals surface area contributed by atoms with Crippen LogP contribution in [0.25, 0.3) is 10.9 Å². The van der Waals surface area contributed by atoms with E-state index in [2.05, 4.69) is 24.1 Å². The third kappa shape index (κ3) is 2.02. The summed E-state index contributed by atoms with van der Waals surface area (Å²) in [5, 5.41) is 4.28. The van der Waals surface area contributed by atoms with Crippen LogP contribution in [-0.2, 0) is 6.54 Å². The minimum absolute atomic E-state index is 0.191. The molecular formula is C12H15FN2. The van der Waals surface area contributed by atoms with Crippen LogP contribution in [0.5, 0.6) is 0 Å². The largest absolute Gasteiger partial charge is 0.358 e. The third-order valence-electron chi connectivity index (χ3n) is 2.45. The molecular weight excluding hydrogens is 191 g/mol. The van der Waals surface area contributed by atoms with Crippen LogP contribution in [0.1, 0.15) is 19.4 Å². The highest BCUT2D eigenvalue weighted by atomic mass is 19.1. The van der Waals surface area contributed by atoms with Crippen LogP contribution in [0.4, 0.5) is 4.39 Å². The zero-order chi connectivity index (χ0) is 10.8. The lowest BCUT2D eigenvalue weighted by Gasteiger charge is -2.06. The van der Waals surface area contributed by atoms with Crippen molar-refractivity contribution < 1.29 is 4.39 Å². The summed E-state index contributed by atoms with van der Waals surface area (Å²) in [6.45, 7) is 4.95. The van der Waals surface area contributed by atoms with E-state index in [0.717, 1.165) is 17.5 Å². The molecule has 0 spiro atoms. The minimum Gasteiger partial charge on any atom is -0.358 e. The second-order valence-corrected chi connectivity index (χ2v) is 4.01. The SMILES string of the molecule is CC(C)NCc1c[nH]c2c(F)cccc12. The van der Waals surface area contributed by atoms with Gasteiger partial charge in [0.2, 0.25) is 0 Å². The van der Waals surface area contributed by atoms with Gasteiger partial charge in [-0.05, 0) is 11.6 Å². The number of hydrogen-bond acceptors (Lipinski definition) is 1. The van der Waals surface area contributed by atoms with E-state index in [1.807, 2.05) is 12.3 Å². The van der Waals surface area contributed by atoms with Crippen LogP contribution < -0.4 is 5.32 Å². The normalized spacial score (nSPS) is 11.5. The second-order valence-electron chi connectivity index (χ2n) is 4.01. The van der Waals surface area contributed by atoms with Gasteiger partial charge in [0.25, 0.3) is 0 Å². The van der Waals surface area contributed by atoms with Crippen LogP contribution in [-0.4, -0.2) is 11.0 Å². The van der Waals surface area contributed by atoms with Crippen molar-refractivity contribution >= 4 is 10.9 Å². The van der Waals surface area contributed by atoms with Crippen LogP contribution >= 0.6 is 0 Å². The van der Waals surface area contributed by atoms with Crippen molar-refractivity contribution in [2.75, 3.05) is 0 Å². The van der Waals surface area contributed by atoms with Crippen molar-refractivity contribution in [3.8, 4) is 0 Å². The first-order valence-corrected chi connectivity index (χ1v) is 5.16. The van der Waals surface area contributed by atoms with Crippen LogP contribution in [0.3, 0.4) is 0 Å². The van der Waals surface area contributed by atoms with Gasteiger partial charge in [-0.1, -0.05) is 26.0 Å². The Morgan fingerprint density at radius 1 is 1.40 bits per heavy atom. The molecule has 0 saturated carbocycles. The van der Waals surface area contributed by atoms with Gasteiger partial charge in [0.15, 0.2) is 0 Å². The van der Waals surface area contributed by atoms with Gasteiger partial charge in [0.05, 0.1) is 5.52 Å². The number of nitrogens with one attached hydrogen (secondary N) is 2. The average Bonchev–Trinajstić information content (AvgIpc) is 2.59. The molecule has 0 fully saturated rings. The number of aromatic nitrogens is 1. The van der Waals surface area contributed by atoms with E-state index in [4.69, 9.17) is 0 Å². The fraction of sp³-hybridized carbons (Fsp3) is 0.333. The lowest BCUT2D eigenvalue weighted by atomic mass is 10.1. The highest BCUT2D eigenvalue weighted by Crippen LogP contribution is 2.20. The van der Waals surface area contributed by atoms with Crippen molar-refractivity contribution in [3.63, 3.8) is 0 Å². The lowest BCUT2D eigenvalue weighted by Crippen LogP contribution is -2.21. The minimum atomic E-state index is -0.191. The monoisotopic (exact) mass is 206 g/mol. The predicted molar refractivity (Wildman–Crippen MR) is 60.2 cm³/mol. The standard InChI is InChI=1S/C12H15FN2/c1-8(2)14-6-9-7-15-12-10(9)4-3-5-11(12)13/h3-5,7-8,14-15H,6H2,1-2H3. The van der Waals surface area contributed by atoms with Gasteiger partial charge >= 0.3 is 0 Å². The Balaban J connectivity index is 2.33. The van der Waals surface area contributed by atoms with Crippen LogP contribution in [0.2, 0.25) is 0 Å². The van der Waals surface area contributed by atoms with Crippen molar-refractivity contribution in [1.82, 2.24) is 10.3 Å². The Morgan fingerprint density at radius 3 is 2.93 bits per heavy atom. The number of para-hydroxylation sites is 1. The first kappa shape index (κ1) is 10.2. The molecule has 0 unspecified atom stereocenters.